The third kappa shape index (κ3) is 3.14. The van der Waals surface area contributed by atoms with Crippen LogP contribution in [0.4, 0.5) is 0 Å². The van der Waals surface area contributed by atoms with E-state index in [0.717, 1.165) is 36.2 Å². The molecule has 1 aromatic heterocycles. The van der Waals surface area contributed by atoms with E-state index in [2.05, 4.69) is 37.5 Å². The van der Waals surface area contributed by atoms with Crippen molar-refractivity contribution < 1.29 is 4.79 Å². The van der Waals surface area contributed by atoms with Crippen LogP contribution in [0.1, 0.15) is 9.67 Å². The molecule has 110 valence electrons. The summed E-state index contributed by atoms with van der Waals surface area (Å²) in [7, 11) is 2.07. The van der Waals surface area contributed by atoms with Crippen LogP contribution in [0.15, 0.2) is 28.7 Å². The number of carbonyl (C=O) groups is 1. The van der Waals surface area contributed by atoms with Gasteiger partial charge in [0.2, 0.25) is 0 Å². The van der Waals surface area contributed by atoms with E-state index < -0.39 is 0 Å². The maximum absolute atomic E-state index is 12.7. The van der Waals surface area contributed by atoms with E-state index in [-0.39, 0.29) is 5.91 Å². The molecule has 1 amide bonds. The van der Waals surface area contributed by atoms with Gasteiger partial charge in [-0.1, -0.05) is 32.6 Å². The van der Waals surface area contributed by atoms with Gasteiger partial charge in [0.15, 0.2) is 0 Å². The third-order valence-corrected chi connectivity index (χ3v) is 4.83. The lowest BCUT2D eigenvalue weighted by Crippen LogP contribution is -2.47. The number of hydrogen-bond donors (Lipinski definition) is 0. The Balaban J connectivity index is 1.85. The van der Waals surface area contributed by atoms with E-state index >= 15 is 0 Å². The first kappa shape index (κ1) is 14.6. The van der Waals surface area contributed by atoms with Gasteiger partial charge >= 0.3 is 0 Å². The number of likely N-dealkylation sites (N-methyl/N-ethyl adjacent to an activating group) is 1. The Hall–Kier alpha value is -1.31. The molecule has 0 bridgehead atoms. The molecule has 0 radical (unpaired) electrons. The van der Waals surface area contributed by atoms with Crippen molar-refractivity contribution in [1.82, 2.24) is 19.4 Å². The van der Waals surface area contributed by atoms with Crippen LogP contribution in [0.5, 0.6) is 0 Å². The number of amides is 1. The largest absolute Gasteiger partial charge is 0.335 e. The highest BCUT2D eigenvalue weighted by Crippen LogP contribution is 2.26. The molecule has 0 saturated carbocycles. The lowest BCUT2D eigenvalue weighted by Gasteiger charge is -2.32. The number of halogens is 1. The van der Waals surface area contributed by atoms with Crippen molar-refractivity contribution in [3.8, 4) is 11.3 Å². The summed E-state index contributed by atoms with van der Waals surface area (Å²) in [6.45, 7) is 3.33. The second-order valence-electron chi connectivity index (χ2n) is 5.05. The Kier molecular flexibility index (Phi) is 4.32. The zero-order valence-corrected chi connectivity index (χ0v) is 14.0. The highest BCUT2D eigenvalue weighted by atomic mass is 79.9. The minimum absolute atomic E-state index is 0.0380. The zero-order chi connectivity index (χ0) is 14.8. The molecule has 21 heavy (non-hydrogen) atoms. The molecule has 2 aromatic rings. The minimum atomic E-state index is 0.0380. The number of rotatable bonds is 2. The van der Waals surface area contributed by atoms with Gasteiger partial charge in [-0.15, -0.1) is 5.10 Å². The summed E-state index contributed by atoms with van der Waals surface area (Å²) in [5.74, 6) is 0.0380. The number of piperazine rings is 1. The molecular weight excluding hydrogens is 352 g/mol. The molecule has 7 heteroatoms. The van der Waals surface area contributed by atoms with Gasteiger partial charge in [-0.25, -0.2) is 0 Å². The Morgan fingerprint density at radius 3 is 2.52 bits per heavy atom. The first-order valence-corrected chi connectivity index (χ1v) is 8.28. The number of nitrogens with zero attached hydrogens (tertiary/aromatic N) is 4. The Morgan fingerprint density at radius 2 is 1.86 bits per heavy atom. The van der Waals surface area contributed by atoms with Crippen molar-refractivity contribution in [3.05, 3.63) is 33.6 Å². The smallest absolute Gasteiger partial charge is 0.267 e. The molecule has 1 aliphatic rings. The quantitative estimate of drug-likeness (QED) is 0.818. The molecule has 3 rings (SSSR count). The maximum Gasteiger partial charge on any atom is 0.267 e. The van der Waals surface area contributed by atoms with E-state index in [1.165, 1.54) is 11.5 Å². The molecule has 0 atom stereocenters. The van der Waals surface area contributed by atoms with Gasteiger partial charge in [0, 0.05) is 36.2 Å². The van der Waals surface area contributed by atoms with Crippen molar-refractivity contribution in [2.24, 2.45) is 0 Å². The molecule has 1 aliphatic heterocycles. The number of carbonyl (C=O) groups excluding carboxylic acids is 1. The van der Waals surface area contributed by atoms with Gasteiger partial charge in [-0.05, 0) is 30.7 Å². The second-order valence-corrected chi connectivity index (χ2v) is 6.72. The highest BCUT2D eigenvalue weighted by Gasteiger charge is 2.25. The van der Waals surface area contributed by atoms with Crippen molar-refractivity contribution in [2.75, 3.05) is 33.2 Å². The average molecular weight is 367 g/mol. The van der Waals surface area contributed by atoms with Crippen LogP contribution in [0.2, 0.25) is 0 Å². The molecular formula is C14H15BrN4OS. The molecule has 1 saturated heterocycles. The molecule has 0 spiro atoms. The van der Waals surface area contributed by atoms with Gasteiger partial charge in [0.25, 0.3) is 5.91 Å². The summed E-state index contributed by atoms with van der Waals surface area (Å²) in [5, 5.41) is 4.14. The van der Waals surface area contributed by atoms with E-state index in [4.69, 9.17) is 0 Å². The minimum Gasteiger partial charge on any atom is -0.335 e. The van der Waals surface area contributed by atoms with E-state index in [9.17, 15) is 4.79 Å². The van der Waals surface area contributed by atoms with E-state index in [0.29, 0.717) is 10.6 Å². The predicted molar refractivity (Wildman–Crippen MR) is 86.4 cm³/mol. The predicted octanol–water partition coefficient (Wildman–Crippen LogP) is 2.36. The van der Waals surface area contributed by atoms with Crippen LogP contribution in [0, 0.1) is 0 Å². The summed E-state index contributed by atoms with van der Waals surface area (Å²) in [4.78, 5) is 17.4. The Bertz CT molecular complexity index is 635. The normalized spacial score (nSPS) is 16.2. The fraction of sp³-hybridized carbons (Fsp3) is 0.357. The van der Waals surface area contributed by atoms with Crippen LogP contribution in [-0.2, 0) is 0 Å². The van der Waals surface area contributed by atoms with Crippen LogP contribution in [0.25, 0.3) is 11.3 Å². The fourth-order valence-electron chi connectivity index (χ4n) is 2.28. The summed E-state index contributed by atoms with van der Waals surface area (Å²) >= 11 is 4.58. The van der Waals surface area contributed by atoms with Gasteiger partial charge in [-0.2, -0.15) is 0 Å². The van der Waals surface area contributed by atoms with Crippen molar-refractivity contribution in [1.29, 1.82) is 0 Å². The standard InChI is InChI=1S/C14H15BrN4OS/c1-18-6-8-19(9-7-18)14(20)13-12(16-17-21-13)10-2-4-11(15)5-3-10/h2-5H,6-9H2,1H3. The molecule has 1 fully saturated rings. The molecule has 0 unspecified atom stereocenters. The summed E-state index contributed by atoms with van der Waals surface area (Å²) in [6, 6.07) is 7.78. The SMILES string of the molecule is CN1CCN(C(=O)c2snnc2-c2ccc(Br)cc2)CC1. The Labute approximate surface area is 135 Å². The van der Waals surface area contributed by atoms with Crippen LogP contribution >= 0.6 is 27.5 Å². The average Bonchev–Trinajstić information content (AvgIpc) is 2.97. The van der Waals surface area contributed by atoms with Crippen molar-refractivity contribution in [2.45, 2.75) is 0 Å². The van der Waals surface area contributed by atoms with Gasteiger partial charge in [-0.3, -0.25) is 4.79 Å². The number of aromatic nitrogens is 2. The summed E-state index contributed by atoms with van der Waals surface area (Å²) < 4.78 is 4.98. The molecule has 1 aromatic carbocycles. The first-order chi connectivity index (χ1) is 10.1. The van der Waals surface area contributed by atoms with Crippen molar-refractivity contribution >= 4 is 33.4 Å². The topological polar surface area (TPSA) is 49.3 Å². The van der Waals surface area contributed by atoms with Crippen LogP contribution in [-0.4, -0.2) is 58.5 Å². The summed E-state index contributed by atoms with van der Waals surface area (Å²) in [5.41, 5.74) is 1.60. The second kappa shape index (κ2) is 6.21. The van der Waals surface area contributed by atoms with Crippen LogP contribution < -0.4 is 0 Å². The highest BCUT2D eigenvalue weighted by molar-refractivity contribution is 9.10. The third-order valence-electron chi connectivity index (χ3n) is 3.59. The number of hydrogen-bond acceptors (Lipinski definition) is 5. The zero-order valence-electron chi connectivity index (χ0n) is 11.6. The Morgan fingerprint density at radius 1 is 1.19 bits per heavy atom. The molecule has 5 nitrogen and oxygen atoms in total. The molecule has 2 heterocycles. The maximum atomic E-state index is 12.7. The van der Waals surface area contributed by atoms with Crippen LogP contribution in [0.3, 0.4) is 0 Å². The van der Waals surface area contributed by atoms with Gasteiger partial charge < -0.3 is 9.80 Å². The number of benzene rings is 1. The fourth-order valence-corrected chi connectivity index (χ4v) is 3.20. The van der Waals surface area contributed by atoms with Gasteiger partial charge in [0.05, 0.1) is 0 Å². The monoisotopic (exact) mass is 366 g/mol. The van der Waals surface area contributed by atoms with E-state index in [1.54, 1.807) is 0 Å². The summed E-state index contributed by atoms with van der Waals surface area (Å²) in [6.07, 6.45) is 0. The first-order valence-electron chi connectivity index (χ1n) is 6.71. The lowest BCUT2D eigenvalue weighted by molar-refractivity contribution is 0.0669. The molecule has 0 N–H and O–H groups in total. The molecule has 0 aliphatic carbocycles. The van der Waals surface area contributed by atoms with Gasteiger partial charge in [0.1, 0.15) is 10.6 Å². The van der Waals surface area contributed by atoms with Crippen molar-refractivity contribution in [3.63, 3.8) is 0 Å². The lowest BCUT2D eigenvalue weighted by atomic mass is 10.1. The van der Waals surface area contributed by atoms with E-state index in [1.807, 2.05) is 29.2 Å².